The first-order chi connectivity index (χ1) is 5.90. The van der Waals surface area contributed by atoms with E-state index >= 15 is 0 Å². The average molecular weight is 159 g/mol. The number of aromatic nitrogens is 3. The molecule has 0 fully saturated rings. The molecule has 2 heterocycles. The lowest BCUT2D eigenvalue weighted by Crippen LogP contribution is -1.79. The van der Waals surface area contributed by atoms with E-state index in [4.69, 9.17) is 0 Å². The van der Waals surface area contributed by atoms with Crippen molar-refractivity contribution < 1.29 is 0 Å². The molecule has 1 N–H and O–H groups in total. The molecule has 0 radical (unpaired) electrons. The molecule has 0 unspecified atom stereocenters. The first kappa shape index (κ1) is 7.03. The van der Waals surface area contributed by atoms with Crippen molar-refractivity contribution in [3.05, 3.63) is 36.9 Å². The molecule has 12 heavy (non-hydrogen) atoms. The summed E-state index contributed by atoms with van der Waals surface area (Å²) in [5, 5.41) is 1.05. The van der Waals surface area contributed by atoms with Gasteiger partial charge in [-0.25, -0.2) is 9.97 Å². The molecule has 0 amide bonds. The lowest BCUT2D eigenvalue weighted by atomic mass is 10.3. The Labute approximate surface area is 70.2 Å². The molecular formula is C9H9N3. The zero-order valence-electron chi connectivity index (χ0n) is 6.62. The smallest absolute Gasteiger partial charge is 0.140 e. The molecule has 0 saturated carbocycles. The predicted molar refractivity (Wildman–Crippen MR) is 47.8 cm³/mol. The molecule has 2 aromatic heterocycles. The quantitative estimate of drug-likeness (QED) is 0.677. The molecule has 0 aliphatic heterocycles. The van der Waals surface area contributed by atoms with Crippen LogP contribution in [0.3, 0.4) is 0 Å². The lowest BCUT2D eigenvalue weighted by Gasteiger charge is -1.85. The number of rotatable bonds is 2. The lowest BCUT2D eigenvalue weighted by molar-refractivity contribution is 1.14. The molecule has 0 bridgehead atoms. The highest BCUT2D eigenvalue weighted by Gasteiger charge is 1.98. The fourth-order valence-electron chi connectivity index (χ4n) is 1.19. The van der Waals surface area contributed by atoms with Crippen molar-refractivity contribution in [1.82, 2.24) is 15.0 Å². The fourth-order valence-corrected chi connectivity index (χ4v) is 1.19. The maximum atomic E-state index is 4.08. The van der Waals surface area contributed by atoms with E-state index in [1.807, 2.05) is 12.1 Å². The summed E-state index contributed by atoms with van der Waals surface area (Å²) in [6.45, 7) is 3.67. The van der Waals surface area contributed by atoms with Crippen LogP contribution in [0.4, 0.5) is 0 Å². The summed E-state index contributed by atoms with van der Waals surface area (Å²) >= 11 is 0. The third-order valence-electron chi connectivity index (χ3n) is 1.71. The Morgan fingerprint density at radius 1 is 1.58 bits per heavy atom. The highest BCUT2D eigenvalue weighted by molar-refractivity contribution is 5.75. The Morgan fingerprint density at radius 2 is 2.50 bits per heavy atom. The number of H-pyrrole nitrogens is 1. The molecule has 0 aliphatic carbocycles. The Kier molecular flexibility index (Phi) is 1.63. The Morgan fingerprint density at radius 3 is 3.25 bits per heavy atom. The summed E-state index contributed by atoms with van der Waals surface area (Å²) in [7, 11) is 0. The second-order valence-electron chi connectivity index (χ2n) is 2.61. The van der Waals surface area contributed by atoms with Crippen LogP contribution in [-0.4, -0.2) is 15.0 Å². The number of fused-ring (bicyclic) bond motifs is 1. The summed E-state index contributed by atoms with van der Waals surface area (Å²) in [5.41, 5.74) is 2.02. The molecule has 2 rings (SSSR count). The van der Waals surface area contributed by atoms with Gasteiger partial charge in [-0.05, 0) is 6.07 Å². The zero-order chi connectivity index (χ0) is 8.39. The standard InChI is InChI=1S/C9H9N3/c1-2-3-8-4-7-5-10-6-11-9(7)12-8/h2,4-6H,1,3H2,(H,10,11,12). The summed E-state index contributed by atoms with van der Waals surface area (Å²) < 4.78 is 0. The van der Waals surface area contributed by atoms with E-state index in [1.54, 1.807) is 6.20 Å². The highest BCUT2D eigenvalue weighted by atomic mass is 14.9. The molecule has 3 heteroatoms. The number of nitrogens with zero attached hydrogens (tertiary/aromatic N) is 2. The minimum atomic E-state index is 0.844. The van der Waals surface area contributed by atoms with Crippen LogP contribution in [0.5, 0.6) is 0 Å². The molecule has 60 valence electrons. The molecule has 2 aromatic rings. The minimum absolute atomic E-state index is 0.844. The van der Waals surface area contributed by atoms with Gasteiger partial charge in [-0.15, -0.1) is 6.58 Å². The van der Waals surface area contributed by atoms with E-state index < -0.39 is 0 Å². The second-order valence-corrected chi connectivity index (χ2v) is 2.61. The van der Waals surface area contributed by atoms with Crippen molar-refractivity contribution in [2.45, 2.75) is 6.42 Å². The van der Waals surface area contributed by atoms with Gasteiger partial charge < -0.3 is 4.98 Å². The first-order valence-electron chi connectivity index (χ1n) is 3.78. The summed E-state index contributed by atoms with van der Waals surface area (Å²) in [6.07, 6.45) is 6.04. The van der Waals surface area contributed by atoms with Crippen LogP contribution >= 0.6 is 0 Å². The molecule has 0 aromatic carbocycles. The largest absolute Gasteiger partial charge is 0.343 e. The molecular weight excluding hydrogens is 150 g/mol. The first-order valence-corrected chi connectivity index (χ1v) is 3.78. The van der Waals surface area contributed by atoms with Crippen LogP contribution < -0.4 is 0 Å². The number of aromatic amines is 1. The summed E-state index contributed by atoms with van der Waals surface area (Å²) in [5.74, 6) is 0. The maximum Gasteiger partial charge on any atom is 0.140 e. The van der Waals surface area contributed by atoms with Gasteiger partial charge in [-0.1, -0.05) is 6.08 Å². The van der Waals surface area contributed by atoms with E-state index in [-0.39, 0.29) is 0 Å². The molecule has 0 spiro atoms. The predicted octanol–water partition coefficient (Wildman–Crippen LogP) is 1.69. The van der Waals surface area contributed by atoms with Crippen molar-refractivity contribution in [3.63, 3.8) is 0 Å². The Balaban J connectivity index is 2.54. The van der Waals surface area contributed by atoms with Gasteiger partial charge in [0.25, 0.3) is 0 Å². The van der Waals surface area contributed by atoms with Gasteiger partial charge in [0.1, 0.15) is 12.0 Å². The van der Waals surface area contributed by atoms with E-state index in [0.717, 1.165) is 23.1 Å². The minimum Gasteiger partial charge on any atom is -0.343 e. The third kappa shape index (κ3) is 1.09. The van der Waals surface area contributed by atoms with E-state index in [2.05, 4.69) is 21.5 Å². The molecule has 0 saturated heterocycles. The Hall–Kier alpha value is -1.64. The molecule has 0 aliphatic rings. The van der Waals surface area contributed by atoms with Crippen molar-refractivity contribution >= 4 is 11.0 Å². The van der Waals surface area contributed by atoms with Gasteiger partial charge in [0.05, 0.1) is 0 Å². The van der Waals surface area contributed by atoms with E-state index in [1.165, 1.54) is 6.33 Å². The number of nitrogens with one attached hydrogen (secondary N) is 1. The number of allylic oxidation sites excluding steroid dienone is 1. The molecule has 0 atom stereocenters. The van der Waals surface area contributed by atoms with Crippen molar-refractivity contribution in [2.75, 3.05) is 0 Å². The van der Waals surface area contributed by atoms with Crippen LogP contribution in [0, 0.1) is 0 Å². The number of hydrogen-bond donors (Lipinski definition) is 1. The zero-order valence-corrected chi connectivity index (χ0v) is 6.62. The van der Waals surface area contributed by atoms with Gasteiger partial charge in [-0.2, -0.15) is 0 Å². The van der Waals surface area contributed by atoms with Gasteiger partial charge in [0, 0.05) is 23.7 Å². The average Bonchev–Trinajstić information content (AvgIpc) is 2.47. The van der Waals surface area contributed by atoms with Crippen LogP contribution in [0.2, 0.25) is 0 Å². The molecule has 3 nitrogen and oxygen atoms in total. The van der Waals surface area contributed by atoms with Crippen molar-refractivity contribution in [3.8, 4) is 0 Å². The topological polar surface area (TPSA) is 41.6 Å². The number of hydrogen-bond acceptors (Lipinski definition) is 2. The second kappa shape index (κ2) is 2.77. The van der Waals surface area contributed by atoms with Crippen LogP contribution in [0.1, 0.15) is 5.69 Å². The van der Waals surface area contributed by atoms with Gasteiger partial charge >= 0.3 is 0 Å². The SMILES string of the molecule is C=CCc1cc2cncnc2[nH]1. The Bertz CT molecular complexity index is 370. The third-order valence-corrected chi connectivity index (χ3v) is 1.71. The van der Waals surface area contributed by atoms with Crippen LogP contribution in [0.25, 0.3) is 11.0 Å². The normalized spacial score (nSPS) is 10.3. The highest BCUT2D eigenvalue weighted by Crippen LogP contribution is 2.11. The van der Waals surface area contributed by atoms with Crippen molar-refractivity contribution in [2.24, 2.45) is 0 Å². The van der Waals surface area contributed by atoms with Gasteiger partial charge in [0.2, 0.25) is 0 Å². The van der Waals surface area contributed by atoms with Gasteiger partial charge in [-0.3, -0.25) is 0 Å². The van der Waals surface area contributed by atoms with Crippen LogP contribution in [0.15, 0.2) is 31.2 Å². The van der Waals surface area contributed by atoms with E-state index in [0.29, 0.717) is 0 Å². The monoisotopic (exact) mass is 159 g/mol. The maximum absolute atomic E-state index is 4.08. The summed E-state index contributed by atoms with van der Waals surface area (Å²) in [4.78, 5) is 11.2. The van der Waals surface area contributed by atoms with Gasteiger partial charge in [0.15, 0.2) is 0 Å². The van der Waals surface area contributed by atoms with Crippen LogP contribution in [-0.2, 0) is 6.42 Å². The summed E-state index contributed by atoms with van der Waals surface area (Å²) in [6, 6.07) is 2.04. The fraction of sp³-hybridized carbons (Fsp3) is 0.111. The van der Waals surface area contributed by atoms with E-state index in [9.17, 15) is 0 Å². The van der Waals surface area contributed by atoms with Crippen molar-refractivity contribution in [1.29, 1.82) is 0 Å².